The topological polar surface area (TPSA) is 20.2 Å². The summed E-state index contributed by atoms with van der Waals surface area (Å²) >= 11 is 0. The predicted molar refractivity (Wildman–Crippen MR) is 41.6 cm³/mol. The van der Waals surface area contributed by atoms with Crippen molar-refractivity contribution in [2.75, 3.05) is 13.3 Å². The molecular weight excluding hydrogens is 423 g/mol. The number of rotatable bonds is 0. The van der Waals surface area contributed by atoms with Crippen LogP contribution in [0.15, 0.2) is 0 Å². The van der Waals surface area contributed by atoms with Crippen molar-refractivity contribution >= 4 is 42.1 Å². The van der Waals surface area contributed by atoms with Crippen molar-refractivity contribution in [3.05, 3.63) is 0 Å². The van der Waals surface area contributed by atoms with E-state index in [4.69, 9.17) is 4.89 Å². The number of hydrogen-bond acceptors (Lipinski definition) is 1. The number of halogens is 2. The Balaban J connectivity index is -0.0000000150. The second-order valence-electron chi connectivity index (χ2n) is 0.847. The van der Waals surface area contributed by atoms with E-state index in [-0.39, 0.29) is 54.1 Å². The Morgan fingerprint density at radius 3 is 1.14 bits per heavy atom. The third kappa shape index (κ3) is 72.0. The monoisotopic (exact) mass is 431 g/mol. The van der Waals surface area contributed by atoms with Crippen molar-refractivity contribution in [2.45, 2.75) is 0 Å². The third-order valence-corrected chi connectivity index (χ3v) is 0. The molecule has 0 heterocycles. The molecule has 0 spiro atoms. The van der Waals surface area contributed by atoms with Gasteiger partial charge in [0.05, 0.1) is 0 Å². The molecule has 0 aliphatic heterocycles. The summed E-state index contributed by atoms with van der Waals surface area (Å²) in [6.45, 7) is 3.57. The van der Waals surface area contributed by atoms with Crippen LogP contribution in [-0.4, -0.2) is 18.2 Å². The van der Waals surface area contributed by atoms with Gasteiger partial charge in [0.15, 0.2) is 0 Å². The molecule has 1 nitrogen and oxygen atoms in total. The molecular formula is C2H9Br2IrOP. The molecule has 1 radical (unpaired) electrons. The quantitative estimate of drug-likeness (QED) is 0.580. The van der Waals surface area contributed by atoms with Crippen LogP contribution in [0.25, 0.3) is 0 Å². The first-order valence-electron chi connectivity index (χ1n) is 1.09. The van der Waals surface area contributed by atoms with Crippen LogP contribution in [0.3, 0.4) is 0 Å². The van der Waals surface area contributed by atoms with E-state index in [1.165, 1.54) is 0 Å². The molecule has 0 bridgehead atoms. The minimum atomic E-state index is -0.620. The molecule has 51 valence electrons. The van der Waals surface area contributed by atoms with Gasteiger partial charge in [0.2, 0.25) is 0 Å². The standard InChI is InChI=1S/C2H7OP.2BrH.Ir/c1-4(2)3;;;/h3H,1-2H3;2*1H;. The summed E-state index contributed by atoms with van der Waals surface area (Å²) in [6.07, 6.45) is 0. The first-order valence-corrected chi connectivity index (χ1v) is 3.28. The van der Waals surface area contributed by atoms with E-state index in [1.54, 1.807) is 13.3 Å². The molecule has 0 saturated carbocycles. The summed E-state index contributed by atoms with van der Waals surface area (Å²) in [7, 11) is -0.620. The van der Waals surface area contributed by atoms with Gasteiger partial charge in [0.25, 0.3) is 0 Å². The first kappa shape index (κ1) is 23.0. The van der Waals surface area contributed by atoms with Gasteiger partial charge in [-0.1, -0.05) is 0 Å². The van der Waals surface area contributed by atoms with E-state index in [9.17, 15) is 0 Å². The van der Waals surface area contributed by atoms with Crippen LogP contribution in [0.5, 0.6) is 0 Å². The smallest absolute Gasteiger partial charge is 0.0187 e. The summed E-state index contributed by atoms with van der Waals surface area (Å²) in [6, 6.07) is 0. The molecule has 0 atom stereocenters. The second-order valence-corrected chi connectivity index (χ2v) is 2.54. The van der Waals surface area contributed by atoms with Crippen LogP contribution in [0, 0.1) is 0 Å². The zero-order valence-electron chi connectivity index (χ0n) is 4.04. The average Bonchev–Trinajstić information content (AvgIpc) is 0.811. The van der Waals surface area contributed by atoms with E-state index >= 15 is 0 Å². The van der Waals surface area contributed by atoms with Gasteiger partial charge in [-0.25, -0.2) is 0 Å². The number of hydrogen-bond donors (Lipinski definition) is 1. The normalized spacial score (nSPS) is 5.14. The van der Waals surface area contributed by atoms with Crippen molar-refractivity contribution in [3.63, 3.8) is 0 Å². The van der Waals surface area contributed by atoms with Gasteiger partial charge in [-0.15, -0.1) is 34.0 Å². The predicted octanol–water partition coefficient (Wildman–Crippen LogP) is 1.79. The Hall–Kier alpha value is 2.00. The van der Waals surface area contributed by atoms with Crippen LogP contribution in [0.4, 0.5) is 0 Å². The summed E-state index contributed by atoms with van der Waals surface area (Å²) in [5.74, 6) is 0. The maximum atomic E-state index is 8.12. The molecule has 0 fully saturated rings. The maximum absolute atomic E-state index is 8.12. The van der Waals surface area contributed by atoms with Crippen LogP contribution in [-0.2, 0) is 20.1 Å². The molecule has 0 rings (SSSR count). The van der Waals surface area contributed by atoms with Gasteiger partial charge in [-0.05, 0) is 13.3 Å². The van der Waals surface area contributed by atoms with Gasteiger partial charge in [-0.2, -0.15) is 0 Å². The average molecular weight is 432 g/mol. The summed E-state index contributed by atoms with van der Waals surface area (Å²) in [4.78, 5) is 8.12. The third-order valence-electron chi connectivity index (χ3n) is 0. The molecule has 0 aliphatic rings. The fourth-order valence-corrected chi connectivity index (χ4v) is 0. The van der Waals surface area contributed by atoms with Crippen molar-refractivity contribution in [3.8, 4) is 0 Å². The molecule has 0 saturated heterocycles. The van der Waals surface area contributed by atoms with Gasteiger partial charge in [0.1, 0.15) is 0 Å². The van der Waals surface area contributed by atoms with E-state index in [2.05, 4.69) is 0 Å². The van der Waals surface area contributed by atoms with Gasteiger partial charge in [0, 0.05) is 28.3 Å². The SMILES string of the molecule is Br.Br.CP(C)O.[Ir]. The maximum Gasteiger partial charge on any atom is 0.0187 e. The van der Waals surface area contributed by atoms with E-state index in [1.807, 2.05) is 0 Å². The minimum absolute atomic E-state index is 0. The van der Waals surface area contributed by atoms with Gasteiger partial charge >= 0.3 is 0 Å². The molecule has 1 N–H and O–H groups in total. The molecule has 0 amide bonds. The second kappa shape index (κ2) is 15.7. The Kier molecular flexibility index (Phi) is 51.6. The Labute approximate surface area is 80.0 Å². The Morgan fingerprint density at radius 1 is 1.14 bits per heavy atom. The largest absolute Gasteiger partial charge is 0.374 e. The summed E-state index contributed by atoms with van der Waals surface area (Å²) in [5.41, 5.74) is 0. The van der Waals surface area contributed by atoms with E-state index < -0.39 is 8.15 Å². The van der Waals surface area contributed by atoms with Crippen molar-refractivity contribution in [1.29, 1.82) is 0 Å². The minimum Gasteiger partial charge on any atom is -0.374 e. The zero-order chi connectivity index (χ0) is 3.58. The molecule has 7 heavy (non-hydrogen) atoms. The fraction of sp³-hybridized carbons (Fsp3) is 1.00. The fourth-order valence-electron chi connectivity index (χ4n) is 0. The van der Waals surface area contributed by atoms with Gasteiger partial charge in [-0.3, -0.25) is 0 Å². The van der Waals surface area contributed by atoms with E-state index in [0.29, 0.717) is 0 Å². The van der Waals surface area contributed by atoms with Crippen LogP contribution in [0.1, 0.15) is 0 Å². The summed E-state index contributed by atoms with van der Waals surface area (Å²) < 4.78 is 0. The molecule has 0 aliphatic carbocycles. The van der Waals surface area contributed by atoms with Crippen molar-refractivity contribution in [1.82, 2.24) is 0 Å². The Bertz CT molecular complexity index is 20.4. The summed E-state index contributed by atoms with van der Waals surface area (Å²) in [5, 5.41) is 0. The van der Waals surface area contributed by atoms with E-state index in [0.717, 1.165) is 0 Å². The molecule has 0 aromatic carbocycles. The van der Waals surface area contributed by atoms with Crippen molar-refractivity contribution < 1.29 is 25.0 Å². The molecule has 0 aromatic rings. The first-order chi connectivity index (χ1) is 1.73. The zero-order valence-corrected chi connectivity index (χ0v) is 10.8. The van der Waals surface area contributed by atoms with Crippen molar-refractivity contribution in [2.24, 2.45) is 0 Å². The van der Waals surface area contributed by atoms with Crippen LogP contribution < -0.4 is 0 Å². The van der Waals surface area contributed by atoms with Crippen LogP contribution >= 0.6 is 42.1 Å². The Morgan fingerprint density at radius 2 is 1.14 bits per heavy atom. The molecule has 5 heteroatoms. The van der Waals surface area contributed by atoms with Gasteiger partial charge < -0.3 is 4.89 Å². The molecule has 0 unspecified atom stereocenters. The molecule has 0 aromatic heterocycles. The van der Waals surface area contributed by atoms with Crippen LogP contribution in [0.2, 0.25) is 0 Å².